The Bertz CT molecular complexity index is 2260. The number of nitrogens with one attached hydrogen (secondary N) is 4. The molecule has 0 saturated heterocycles. The number of carboxylic acid groups (broad SMARTS) is 1. The van der Waals surface area contributed by atoms with Crippen LogP contribution in [0.3, 0.4) is 0 Å². The first-order chi connectivity index (χ1) is 28.0. The van der Waals surface area contributed by atoms with E-state index in [1.165, 1.54) is 10.6 Å². The summed E-state index contributed by atoms with van der Waals surface area (Å²) in [5.41, 5.74) is 6.23. The summed E-state index contributed by atoms with van der Waals surface area (Å²) >= 11 is 0. The Labute approximate surface area is 337 Å². The average Bonchev–Trinajstić information content (AvgIpc) is 3.55. The highest BCUT2D eigenvalue weighted by atomic mass is 16.7. The number of primary amides is 1. The Kier molecular flexibility index (Phi) is 13.5. The molecule has 0 fully saturated rings. The maximum atomic E-state index is 13.6. The molecule has 0 radical (unpaired) electrons. The maximum Gasteiger partial charge on any atom is 0.515 e. The minimum Gasteiger partial charge on any atom is -0.481 e. The lowest BCUT2D eigenvalue weighted by atomic mass is 9.86. The third-order valence-corrected chi connectivity index (χ3v) is 10.2. The van der Waals surface area contributed by atoms with E-state index in [1.807, 2.05) is 6.92 Å². The standard InChI is InChI=1S/C39H47N7O13/c1-5-21-22-14-20(9-10-26(22)43-32-23(21)16-46-28(32)15-25-24(35(46)52)17-57-36(53)39(25,56)6-2)59-38(55)58-18-42-33(50)27(8-7-13-41-37(40)54)44-34(51)31(19(3)4)45-29(47)11-12-30(48)49/h9-10,14-15,19,27,31,56H,5-8,11-13,16-18H2,1-4H3,(H,42,50)(H,44,51)(H,45,47)(H,48,49)(H3,40,41,54)/t27-,31-,39-/m0/s1. The summed E-state index contributed by atoms with van der Waals surface area (Å²) in [6.45, 7) is 6.19. The SMILES string of the molecule is CCc1c2c(nc3ccc(OC(=O)OCNC(=O)[C@H](CCCNC(N)=O)NC(=O)[C@@H](NC(=O)CCC(=O)O)C(C)C)cc13)-c1cc3c(c(=O)n1C2)COC(=O)[C@]3(O)CC. The number of ether oxygens (including phenoxy) is 3. The van der Waals surface area contributed by atoms with Crippen molar-refractivity contribution in [3.05, 3.63) is 56.9 Å². The van der Waals surface area contributed by atoms with Gasteiger partial charge in [0.25, 0.3) is 5.56 Å². The molecule has 2 aliphatic rings. The van der Waals surface area contributed by atoms with E-state index in [4.69, 9.17) is 30.0 Å². The maximum absolute atomic E-state index is 13.6. The molecule has 5 rings (SSSR count). The number of hydrogen-bond acceptors (Lipinski definition) is 13. The predicted octanol–water partition coefficient (Wildman–Crippen LogP) is 1.17. The molecule has 2 aliphatic heterocycles. The molecular weight excluding hydrogens is 774 g/mol. The van der Waals surface area contributed by atoms with Gasteiger partial charge in [0, 0.05) is 29.5 Å². The minimum absolute atomic E-state index is 0.00570. The van der Waals surface area contributed by atoms with E-state index in [9.17, 15) is 43.5 Å². The highest BCUT2D eigenvalue weighted by molar-refractivity contribution is 5.93. The fourth-order valence-corrected chi connectivity index (χ4v) is 7.07. The molecule has 0 bridgehead atoms. The number of carbonyl (C=O) groups excluding carboxylic acids is 6. The summed E-state index contributed by atoms with van der Waals surface area (Å²) in [7, 11) is 0. The molecule has 3 atom stereocenters. The quantitative estimate of drug-likeness (QED) is 0.0341. The van der Waals surface area contributed by atoms with Crippen LogP contribution in [0.2, 0.25) is 0 Å². The number of carbonyl (C=O) groups is 7. The van der Waals surface area contributed by atoms with Crippen LogP contribution in [-0.4, -0.2) is 87.0 Å². The van der Waals surface area contributed by atoms with E-state index in [1.54, 1.807) is 39.0 Å². The molecule has 1 aromatic carbocycles. The Morgan fingerprint density at radius 1 is 1.02 bits per heavy atom. The van der Waals surface area contributed by atoms with Gasteiger partial charge in [0.2, 0.25) is 17.7 Å². The van der Waals surface area contributed by atoms with E-state index in [-0.39, 0.29) is 62.3 Å². The van der Waals surface area contributed by atoms with Crippen LogP contribution in [0.1, 0.15) is 82.1 Å². The molecule has 0 spiro atoms. The van der Waals surface area contributed by atoms with Gasteiger partial charge >= 0.3 is 24.1 Å². The zero-order valence-corrected chi connectivity index (χ0v) is 33.0. The number of cyclic esters (lactones) is 1. The van der Waals surface area contributed by atoms with Gasteiger partial charge in [-0.1, -0.05) is 27.7 Å². The van der Waals surface area contributed by atoms with Crippen molar-refractivity contribution < 1.29 is 58.0 Å². The van der Waals surface area contributed by atoms with Crippen molar-refractivity contribution in [2.24, 2.45) is 11.7 Å². The Morgan fingerprint density at radius 2 is 1.76 bits per heavy atom. The molecule has 3 aromatic rings. The zero-order valence-electron chi connectivity index (χ0n) is 33.0. The Hall–Kier alpha value is -6.57. The number of aryl methyl sites for hydroxylation is 1. The average molecular weight is 822 g/mol. The molecule has 2 aromatic heterocycles. The number of nitrogens with zero attached hydrogens (tertiary/aromatic N) is 2. The molecule has 316 valence electrons. The third kappa shape index (κ3) is 9.60. The number of carboxylic acids is 1. The van der Waals surface area contributed by atoms with Crippen molar-refractivity contribution in [3.63, 3.8) is 0 Å². The van der Waals surface area contributed by atoms with Crippen molar-refractivity contribution in [2.75, 3.05) is 13.3 Å². The number of pyridine rings is 2. The normalized spacial score (nSPS) is 16.1. The van der Waals surface area contributed by atoms with Gasteiger partial charge in [0.15, 0.2) is 12.3 Å². The van der Waals surface area contributed by atoms with Crippen LogP contribution in [0.25, 0.3) is 22.3 Å². The predicted molar refractivity (Wildman–Crippen MR) is 206 cm³/mol. The molecule has 59 heavy (non-hydrogen) atoms. The number of esters is 1. The molecule has 0 saturated carbocycles. The van der Waals surface area contributed by atoms with Crippen molar-refractivity contribution in [1.29, 1.82) is 0 Å². The number of nitrogens with two attached hydrogens (primary N) is 1. The highest BCUT2D eigenvalue weighted by Crippen LogP contribution is 2.40. The highest BCUT2D eigenvalue weighted by Gasteiger charge is 2.45. The number of fused-ring (bicyclic) bond motifs is 5. The third-order valence-electron chi connectivity index (χ3n) is 10.2. The second kappa shape index (κ2) is 18.3. The summed E-state index contributed by atoms with van der Waals surface area (Å²) in [6.07, 6.45) is -1.24. The van der Waals surface area contributed by atoms with Crippen molar-refractivity contribution in [1.82, 2.24) is 30.8 Å². The monoisotopic (exact) mass is 821 g/mol. The van der Waals surface area contributed by atoms with Gasteiger partial charge in [-0.3, -0.25) is 24.0 Å². The lowest BCUT2D eigenvalue weighted by molar-refractivity contribution is -0.172. The van der Waals surface area contributed by atoms with Crippen LogP contribution in [0.4, 0.5) is 9.59 Å². The summed E-state index contributed by atoms with van der Waals surface area (Å²) in [5, 5.41) is 30.5. The fraction of sp³-hybridized carbons (Fsp3) is 0.462. The van der Waals surface area contributed by atoms with E-state index >= 15 is 0 Å². The van der Waals surface area contributed by atoms with Crippen LogP contribution in [0, 0.1) is 5.92 Å². The molecule has 0 unspecified atom stereocenters. The number of aliphatic carboxylic acids is 1. The van der Waals surface area contributed by atoms with Crippen LogP contribution in [-0.2, 0) is 58.6 Å². The lowest BCUT2D eigenvalue weighted by Gasteiger charge is -2.31. The number of urea groups is 1. The largest absolute Gasteiger partial charge is 0.515 e. The van der Waals surface area contributed by atoms with Gasteiger partial charge < -0.3 is 56.0 Å². The van der Waals surface area contributed by atoms with Gasteiger partial charge in [-0.2, -0.15) is 0 Å². The van der Waals surface area contributed by atoms with Gasteiger partial charge in [-0.05, 0) is 61.4 Å². The zero-order chi connectivity index (χ0) is 43.2. The van der Waals surface area contributed by atoms with E-state index in [0.717, 1.165) is 11.1 Å². The fourth-order valence-electron chi connectivity index (χ4n) is 7.07. The van der Waals surface area contributed by atoms with Crippen molar-refractivity contribution in [2.45, 2.75) is 97.1 Å². The molecule has 5 amide bonds. The van der Waals surface area contributed by atoms with Gasteiger partial charge in [-0.25, -0.2) is 19.4 Å². The second-order valence-electron chi connectivity index (χ2n) is 14.4. The van der Waals surface area contributed by atoms with Gasteiger partial charge in [0.1, 0.15) is 24.4 Å². The first-order valence-corrected chi connectivity index (χ1v) is 19.1. The molecule has 20 nitrogen and oxygen atoms in total. The Balaban J connectivity index is 1.26. The van der Waals surface area contributed by atoms with Crippen LogP contribution in [0.5, 0.6) is 5.75 Å². The number of rotatable bonds is 17. The summed E-state index contributed by atoms with van der Waals surface area (Å²) in [5.74, 6) is -4.51. The molecule has 20 heteroatoms. The number of aliphatic hydroxyl groups is 1. The summed E-state index contributed by atoms with van der Waals surface area (Å²) in [4.78, 5) is 104. The lowest BCUT2D eigenvalue weighted by Crippen LogP contribution is -2.55. The van der Waals surface area contributed by atoms with E-state index in [2.05, 4.69) is 21.3 Å². The number of amides is 5. The molecular formula is C39H47N7O13. The number of hydrogen-bond donors (Lipinski definition) is 7. The Morgan fingerprint density at radius 3 is 2.42 bits per heavy atom. The summed E-state index contributed by atoms with van der Waals surface area (Å²) < 4.78 is 17.2. The smallest absolute Gasteiger partial charge is 0.481 e. The van der Waals surface area contributed by atoms with Crippen molar-refractivity contribution in [3.8, 4) is 17.1 Å². The number of aromatic nitrogens is 2. The number of benzene rings is 1. The minimum atomic E-state index is -1.97. The van der Waals surface area contributed by atoms with E-state index < -0.39 is 84.2 Å². The van der Waals surface area contributed by atoms with E-state index in [0.29, 0.717) is 28.7 Å². The first kappa shape index (κ1) is 43.6. The second-order valence-corrected chi connectivity index (χ2v) is 14.4. The topological polar surface area (TPSA) is 297 Å². The van der Waals surface area contributed by atoms with Crippen LogP contribution in [0.15, 0.2) is 29.1 Å². The van der Waals surface area contributed by atoms with Crippen LogP contribution >= 0.6 is 0 Å². The molecule has 0 aliphatic carbocycles. The van der Waals surface area contributed by atoms with Crippen LogP contribution < -0.4 is 37.3 Å². The molecule has 8 N–H and O–H groups in total. The van der Waals surface area contributed by atoms with Gasteiger partial charge in [-0.15, -0.1) is 0 Å². The van der Waals surface area contributed by atoms with Crippen molar-refractivity contribution >= 4 is 52.7 Å². The van der Waals surface area contributed by atoms with Gasteiger partial charge in [0.05, 0.1) is 35.4 Å². The summed E-state index contributed by atoms with van der Waals surface area (Å²) in [6, 6.07) is 3.22. The first-order valence-electron chi connectivity index (χ1n) is 19.1. The molecule has 4 heterocycles.